The van der Waals surface area contributed by atoms with Gasteiger partial charge in [0.05, 0.1) is 15.3 Å². The summed E-state index contributed by atoms with van der Waals surface area (Å²) >= 11 is 13.8. The van der Waals surface area contributed by atoms with Crippen molar-refractivity contribution in [2.75, 3.05) is 0 Å². The zero-order valence-electron chi connectivity index (χ0n) is 12.2. The highest BCUT2D eigenvalue weighted by atomic mass is 35.5. The molecular formula is C18H16Cl2OS. The second kappa shape index (κ2) is 6.66. The summed E-state index contributed by atoms with van der Waals surface area (Å²) in [5.74, 6) is 0.121. The van der Waals surface area contributed by atoms with Gasteiger partial charge in [-0.3, -0.25) is 4.79 Å². The molecule has 0 saturated heterocycles. The molecule has 2 aromatic carbocycles. The Hall–Kier alpha value is -0.960. The van der Waals surface area contributed by atoms with Gasteiger partial charge in [0.2, 0.25) is 0 Å². The van der Waals surface area contributed by atoms with E-state index in [4.69, 9.17) is 23.2 Å². The molecule has 0 bridgehead atoms. The smallest absolute Gasteiger partial charge is 0.175 e. The van der Waals surface area contributed by atoms with Crippen molar-refractivity contribution in [2.24, 2.45) is 0 Å². The minimum absolute atomic E-state index is 0.121. The summed E-state index contributed by atoms with van der Waals surface area (Å²) in [4.78, 5) is 13.4. The molecule has 0 fully saturated rings. The molecular weight excluding hydrogens is 335 g/mol. The van der Waals surface area contributed by atoms with Gasteiger partial charge in [0.25, 0.3) is 0 Å². The van der Waals surface area contributed by atoms with Gasteiger partial charge >= 0.3 is 0 Å². The van der Waals surface area contributed by atoms with Crippen LogP contribution in [0.3, 0.4) is 0 Å². The predicted octanol–water partition coefficient (Wildman–Crippen LogP) is 5.85. The predicted molar refractivity (Wildman–Crippen MR) is 94.6 cm³/mol. The molecule has 0 aromatic heterocycles. The molecule has 1 atom stereocenters. The van der Waals surface area contributed by atoms with Crippen LogP contribution in [0, 0.1) is 0 Å². The van der Waals surface area contributed by atoms with Gasteiger partial charge in [0.1, 0.15) is 0 Å². The van der Waals surface area contributed by atoms with Crippen molar-refractivity contribution in [3.63, 3.8) is 0 Å². The van der Waals surface area contributed by atoms with Crippen LogP contribution in [0.2, 0.25) is 10.0 Å². The van der Waals surface area contributed by atoms with E-state index in [1.54, 1.807) is 12.1 Å². The van der Waals surface area contributed by atoms with Crippen molar-refractivity contribution < 1.29 is 4.79 Å². The average Bonchev–Trinajstić information content (AvgIpc) is 2.97. The molecule has 1 nitrogen and oxygen atoms in total. The first kappa shape index (κ1) is 15.9. The number of halogens is 2. The third-order valence-electron chi connectivity index (χ3n) is 3.97. The van der Waals surface area contributed by atoms with Crippen LogP contribution in [0.1, 0.15) is 34.8 Å². The van der Waals surface area contributed by atoms with Crippen molar-refractivity contribution in [1.29, 1.82) is 0 Å². The van der Waals surface area contributed by atoms with Gasteiger partial charge < -0.3 is 0 Å². The number of carbonyl (C=O) groups is 1. The molecule has 3 rings (SSSR count). The maximum absolute atomic E-state index is 12.7. The van der Waals surface area contributed by atoms with E-state index < -0.39 is 0 Å². The fraction of sp³-hybridized carbons (Fsp3) is 0.278. The zero-order valence-corrected chi connectivity index (χ0v) is 14.6. The summed E-state index contributed by atoms with van der Waals surface area (Å²) in [6.07, 6.45) is 3.39. The largest absolute Gasteiger partial charge is 0.293 e. The molecule has 4 heteroatoms. The lowest BCUT2D eigenvalue weighted by atomic mass is 10.0. The molecule has 0 spiro atoms. The highest BCUT2D eigenvalue weighted by molar-refractivity contribution is 8.00. The Kier molecular flexibility index (Phi) is 4.82. The van der Waals surface area contributed by atoms with Gasteiger partial charge in [-0.25, -0.2) is 0 Å². The fourth-order valence-corrected chi connectivity index (χ4v) is 4.41. The lowest BCUT2D eigenvalue weighted by Gasteiger charge is -2.13. The molecule has 0 N–H and O–H groups in total. The number of Topliss-reactive ketones (excluding diaryl/α,β-unsaturated/α-hetero) is 1. The highest BCUT2D eigenvalue weighted by Gasteiger charge is 2.21. The van der Waals surface area contributed by atoms with Crippen LogP contribution < -0.4 is 0 Å². The zero-order chi connectivity index (χ0) is 15.7. The number of fused-ring (bicyclic) bond motifs is 1. The number of hydrogen-bond donors (Lipinski definition) is 0. The van der Waals surface area contributed by atoms with Crippen molar-refractivity contribution >= 4 is 40.7 Å². The standard InChI is InChI=1S/C18H16Cl2OS/c1-11(22-18-15(19)6-3-7-16(18)20)17(21)14-9-8-12-4-2-5-13(12)10-14/h3,6-11H,2,4-5H2,1H3/t11-/m1/s1. The van der Waals surface area contributed by atoms with E-state index in [9.17, 15) is 4.79 Å². The number of ketones is 1. The van der Waals surface area contributed by atoms with E-state index >= 15 is 0 Å². The average molecular weight is 351 g/mol. The van der Waals surface area contributed by atoms with Crippen molar-refractivity contribution in [3.05, 3.63) is 63.1 Å². The van der Waals surface area contributed by atoms with Gasteiger partial charge in [-0.1, -0.05) is 41.4 Å². The third-order valence-corrected chi connectivity index (χ3v) is 6.06. The second-order valence-corrected chi connectivity index (χ2v) is 7.68. The topological polar surface area (TPSA) is 17.1 Å². The summed E-state index contributed by atoms with van der Waals surface area (Å²) in [6.45, 7) is 1.90. The summed E-state index contributed by atoms with van der Waals surface area (Å²) in [6, 6.07) is 11.5. The quantitative estimate of drug-likeness (QED) is 0.508. The summed E-state index contributed by atoms with van der Waals surface area (Å²) < 4.78 is 0. The van der Waals surface area contributed by atoms with E-state index in [0.29, 0.717) is 10.0 Å². The van der Waals surface area contributed by atoms with Crippen LogP contribution in [-0.2, 0) is 12.8 Å². The van der Waals surface area contributed by atoms with Crippen LogP contribution in [0.25, 0.3) is 0 Å². The van der Waals surface area contributed by atoms with Gasteiger partial charge in [-0.05, 0) is 55.5 Å². The van der Waals surface area contributed by atoms with Gasteiger partial charge in [0, 0.05) is 10.5 Å². The lowest BCUT2D eigenvalue weighted by Crippen LogP contribution is -2.14. The molecule has 0 unspecified atom stereocenters. The van der Waals surface area contributed by atoms with Crippen LogP contribution in [0.15, 0.2) is 41.3 Å². The Morgan fingerprint density at radius 3 is 2.50 bits per heavy atom. The minimum atomic E-state index is -0.225. The molecule has 1 aliphatic carbocycles. The molecule has 0 aliphatic heterocycles. The Morgan fingerprint density at radius 2 is 1.77 bits per heavy atom. The maximum Gasteiger partial charge on any atom is 0.175 e. The van der Waals surface area contributed by atoms with Crippen LogP contribution in [0.4, 0.5) is 0 Å². The number of thioether (sulfide) groups is 1. The number of benzene rings is 2. The maximum atomic E-state index is 12.7. The lowest BCUT2D eigenvalue weighted by molar-refractivity contribution is 0.0994. The molecule has 0 radical (unpaired) electrons. The highest BCUT2D eigenvalue weighted by Crippen LogP contribution is 2.37. The molecule has 0 saturated carbocycles. The van der Waals surface area contributed by atoms with E-state index in [-0.39, 0.29) is 11.0 Å². The van der Waals surface area contributed by atoms with Gasteiger partial charge in [0.15, 0.2) is 5.78 Å². The number of rotatable bonds is 4. The molecule has 0 heterocycles. The fourth-order valence-electron chi connectivity index (χ4n) is 2.79. The second-order valence-electron chi connectivity index (χ2n) is 5.51. The summed E-state index contributed by atoms with van der Waals surface area (Å²) in [7, 11) is 0. The van der Waals surface area contributed by atoms with E-state index in [0.717, 1.165) is 23.3 Å². The Labute approximate surface area is 145 Å². The first-order chi connectivity index (χ1) is 10.6. The van der Waals surface area contributed by atoms with Crippen LogP contribution in [0.5, 0.6) is 0 Å². The Morgan fingerprint density at radius 1 is 1.09 bits per heavy atom. The van der Waals surface area contributed by atoms with Crippen LogP contribution >= 0.6 is 35.0 Å². The molecule has 2 aromatic rings. The summed E-state index contributed by atoms with van der Waals surface area (Å²) in [5, 5.41) is 0.953. The SMILES string of the molecule is C[C@@H](Sc1c(Cl)cccc1Cl)C(=O)c1ccc2c(c1)CCC2. The normalized spacial score (nSPS) is 14.7. The summed E-state index contributed by atoms with van der Waals surface area (Å²) in [5.41, 5.74) is 3.48. The van der Waals surface area contributed by atoms with E-state index in [1.807, 2.05) is 19.1 Å². The number of hydrogen-bond acceptors (Lipinski definition) is 2. The van der Waals surface area contributed by atoms with Crippen molar-refractivity contribution in [2.45, 2.75) is 36.3 Å². The molecule has 0 amide bonds. The van der Waals surface area contributed by atoms with E-state index in [1.165, 1.54) is 29.3 Å². The number of carbonyl (C=O) groups excluding carboxylic acids is 1. The first-order valence-electron chi connectivity index (χ1n) is 7.33. The molecule has 1 aliphatic rings. The van der Waals surface area contributed by atoms with Crippen LogP contribution in [-0.4, -0.2) is 11.0 Å². The minimum Gasteiger partial charge on any atom is -0.293 e. The molecule has 22 heavy (non-hydrogen) atoms. The Balaban J connectivity index is 1.80. The van der Waals surface area contributed by atoms with E-state index in [2.05, 4.69) is 12.1 Å². The monoisotopic (exact) mass is 350 g/mol. The Bertz CT molecular complexity index is 707. The first-order valence-corrected chi connectivity index (χ1v) is 8.96. The van der Waals surface area contributed by atoms with Crippen molar-refractivity contribution in [3.8, 4) is 0 Å². The van der Waals surface area contributed by atoms with Gasteiger partial charge in [-0.2, -0.15) is 0 Å². The molecule has 114 valence electrons. The van der Waals surface area contributed by atoms with Crippen molar-refractivity contribution in [1.82, 2.24) is 0 Å². The third kappa shape index (κ3) is 3.19. The number of aryl methyl sites for hydroxylation is 2. The van der Waals surface area contributed by atoms with Gasteiger partial charge in [-0.15, -0.1) is 11.8 Å².